The van der Waals surface area contributed by atoms with Crippen molar-refractivity contribution in [1.29, 1.82) is 0 Å². The molecule has 0 aliphatic rings. The average Bonchev–Trinajstić information content (AvgIpc) is 2.88. The molecule has 0 bridgehead atoms. The number of ether oxygens (including phenoxy) is 2. The first-order valence-electron chi connectivity index (χ1n) is 12.8. The van der Waals surface area contributed by atoms with Gasteiger partial charge >= 0.3 is 5.97 Å². The Kier molecular flexibility index (Phi) is 9.94. The van der Waals surface area contributed by atoms with Crippen LogP contribution in [0.25, 0.3) is 11.0 Å². The van der Waals surface area contributed by atoms with Crippen LogP contribution in [0.4, 0.5) is 0 Å². The first-order valence-corrected chi connectivity index (χ1v) is 12.8. The Morgan fingerprint density at radius 2 is 1.64 bits per heavy atom. The minimum absolute atomic E-state index is 0.0780. The second-order valence-electron chi connectivity index (χ2n) is 9.00. The molecule has 3 aromatic rings. The smallest absolute Gasteiger partial charge is 0.338 e. The summed E-state index contributed by atoms with van der Waals surface area (Å²) in [5.74, 6) is 0.515. The Morgan fingerprint density at radius 1 is 0.972 bits per heavy atom. The molecule has 36 heavy (non-hydrogen) atoms. The normalized spacial score (nSPS) is 11.2. The van der Waals surface area contributed by atoms with E-state index >= 15 is 0 Å². The number of phenolic OH excluding ortho intramolecular Hbond substituents is 1. The number of fused-ring (bicyclic) bond motifs is 1. The van der Waals surface area contributed by atoms with Gasteiger partial charge in [-0.25, -0.2) is 4.79 Å². The molecule has 3 rings (SSSR count). The summed E-state index contributed by atoms with van der Waals surface area (Å²) in [7, 11) is 0. The SMILES string of the molecule is CCCCN(CCCC)Cc1c(O)ccc2c(=O)c(Oc3ccc(C(=O)OCCC)cc3)c(C)oc12. The van der Waals surface area contributed by atoms with Crippen LogP contribution in [0.1, 0.15) is 74.6 Å². The van der Waals surface area contributed by atoms with E-state index in [9.17, 15) is 14.7 Å². The van der Waals surface area contributed by atoms with E-state index in [1.54, 1.807) is 43.3 Å². The Hall–Kier alpha value is -3.32. The van der Waals surface area contributed by atoms with Crippen molar-refractivity contribution in [2.75, 3.05) is 19.7 Å². The van der Waals surface area contributed by atoms with Crippen molar-refractivity contribution in [3.63, 3.8) is 0 Å². The van der Waals surface area contributed by atoms with E-state index in [1.807, 2.05) is 6.92 Å². The predicted octanol–water partition coefficient (Wildman–Crippen LogP) is 6.57. The summed E-state index contributed by atoms with van der Waals surface area (Å²) in [5, 5.41) is 11.0. The molecule has 1 heterocycles. The van der Waals surface area contributed by atoms with E-state index in [0.29, 0.717) is 46.8 Å². The van der Waals surface area contributed by atoms with Gasteiger partial charge in [-0.15, -0.1) is 0 Å². The average molecular weight is 496 g/mol. The second-order valence-corrected chi connectivity index (χ2v) is 9.00. The molecule has 0 saturated carbocycles. The predicted molar refractivity (Wildman–Crippen MR) is 141 cm³/mol. The second kappa shape index (κ2) is 13.1. The molecule has 0 atom stereocenters. The summed E-state index contributed by atoms with van der Waals surface area (Å²) >= 11 is 0. The number of hydrogen-bond donors (Lipinski definition) is 1. The van der Waals surface area contributed by atoms with Gasteiger partial charge in [0.05, 0.1) is 23.1 Å². The first kappa shape index (κ1) is 27.3. The molecule has 7 nitrogen and oxygen atoms in total. The van der Waals surface area contributed by atoms with E-state index in [4.69, 9.17) is 13.9 Å². The fourth-order valence-corrected chi connectivity index (χ4v) is 3.98. The maximum atomic E-state index is 13.4. The Labute approximate surface area is 212 Å². The summed E-state index contributed by atoms with van der Waals surface area (Å²) < 4.78 is 17.1. The van der Waals surface area contributed by atoms with Crippen LogP contribution in [0.3, 0.4) is 0 Å². The molecular formula is C29H37NO6. The highest BCUT2D eigenvalue weighted by Gasteiger charge is 2.20. The van der Waals surface area contributed by atoms with Crippen molar-refractivity contribution < 1.29 is 23.8 Å². The van der Waals surface area contributed by atoms with Crippen LogP contribution in [0, 0.1) is 6.92 Å². The van der Waals surface area contributed by atoms with Gasteiger partial charge in [0.1, 0.15) is 22.8 Å². The van der Waals surface area contributed by atoms with Crippen LogP contribution in [0.15, 0.2) is 45.6 Å². The topological polar surface area (TPSA) is 89.2 Å². The lowest BCUT2D eigenvalue weighted by atomic mass is 10.1. The van der Waals surface area contributed by atoms with Gasteiger partial charge in [0.2, 0.25) is 11.2 Å². The van der Waals surface area contributed by atoms with Gasteiger partial charge in [0, 0.05) is 6.54 Å². The number of benzene rings is 2. The maximum absolute atomic E-state index is 13.4. The van der Waals surface area contributed by atoms with Crippen LogP contribution in [0.2, 0.25) is 0 Å². The minimum atomic E-state index is -0.399. The van der Waals surface area contributed by atoms with Crippen LogP contribution in [-0.2, 0) is 11.3 Å². The quantitative estimate of drug-likeness (QED) is 0.268. The van der Waals surface area contributed by atoms with E-state index in [0.717, 1.165) is 45.2 Å². The maximum Gasteiger partial charge on any atom is 0.338 e. The van der Waals surface area contributed by atoms with Gasteiger partial charge in [0.15, 0.2) is 0 Å². The molecule has 0 radical (unpaired) electrons. The molecule has 0 amide bonds. The van der Waals surface area contributed by atoms with Crippen LogP contribution in [0.5, 0.6) is 17.2 Å². The molecule has 0 saturated heterocycles. The lowest BCUT2D eigenvalue weighted by molar-refractivity contribution is 0.0505. The first-order chi connectivity index (χ1) is 17.4. The lowest BCUT2D eigenvalue weighted by Crippen LogP contribution is -2.26. The van der Waals surface area contributed by atoms with E-state index in [2.05, 4.69) is 18.7 Å². The number of rotatable bonds is 13. The van der Waals surface area contributed by atoms with Crippen molar-refractivity contribution in [2.45, 2.75) is 66.3 Å². The monoisotopic (exact) mass is 495 g/mol. The van der Waals surface area contributed by atoms with Crippen LogP contribution >= 0.6 is 0 Å². The summed E-state index contributed by atoms with van der Waals surface area (Å²) in [6.45, 7) is 10.6. The highest BCUT2D eigenvalue weighted by atomic mass is 16.5. The molecule has 2 aromatic carbocycles. The van der Waals surface area contributed by atoms with Crippen molar-refractivity contribution in [3.05, 3.63) is 63.5 Å². The Bertz CT molecular complexity index is 1210. The fourth-order valence-electron chi connectivity index (χ4n) is 3.98. The third kappa shape index (κ3) is 6.66. The number of aryl methyl sites for hydroxylation is 1. The molecule has 0 aliphatic heterocycles. The zero-order valence-electron chi connectivity index (χ0n) is 21.8. The Balaban J connectivity index is 1.91. The van der Waals surface area contributed by atoms with E-state index < -0.39 is 5.97 Å². The third-order valence-electron chi connectivity index (χ3n) is 6.05. The molecule has 1 aromatic heterocycles. The number of aromatic hydroxyl groups is 1. The van der Waals surface area contributed by atoms with Gasteiger partial charge < -0.3 is 19.0 Å². The summed E-state index contributed by atoms with van der Waals surface area (Å²) in [6.07, 6.45) is 5.04. The van der Waals surface area contributed by atoms with Gasteiger partial charge in [-0.2, -0.15) is 0 Å². The highest BCUT2D eigenvalue weighted by molar-refractivity contribution is 5.89. The molecule has 0 fully saturated rings. The number of unbranched alkanes of at least 4 members (excludes halogenated alkanes) is 2. The molecule has 1 N–H and O–H groups in total. The molecule has 0 spiro atoms. The number of hydrogen-bond acceptors (Lipinski definition) is 7. The van der Waals surface area contributed by atoms with Crippen LogP contribution in [-0.4, -0.2) is 35.7 Å². The summed E-state index contributed by atoms with van der Waals surface area (Å²) in [5.41, 5.74) is 1.10. The van der Waals surface area contributed by atoms with Crippen LogP contribution < -0.4 is 10.2 Å². The van der Waals surface area contributed by atoms with Crippen molar-refractivity contribution >= 4 is 16.9 Å². The van der Waals surface area contributed by atoms with Crippen molar-refractivity contribution in [2.24, 2.45) is 0 Å². The number of nitrogens with zero attached hydrogens (tertiary/aromatic N) is 1. The van der Waals surface area contributed by atoms with E-state index in [1.165, 1.54) is 0 Å². The number of carbonyl (C=O) groups excluding carboxylic acids is 1. The summed E-state index contributed by atoms with van der Waals surface area (Å²) in [4.78, 5) is 27.7. The van der Waals surface area contributed by atoms with Crippen molar-refractivity contribution in [3.8, 4) is 17.2 Å². The molecule has 7 heteroatoms. The summed E-state index contributed by atoms with van der Waals surface area (Å²) in [6, 6.07) is 9.55. The fraction of sp³-hybridized carbons (Fsp3) is 0.448. The molecule has 194 valence electrons. The highest BCUT2D eigenvalue weighted by Crippen LogP contribution is 2.32. The molecule has 0 unspecified atom stereocenters. The van der Waals surface area contributed by atoms with Gasteiger partial charge in [0.25, 0.3) is 0 Å². The van der Waals surface area contributed by atoms with Crippen molar-refractivity contribution in [1.82, 2.24) is 4.90 Å². The number of esters is 1. The van der Waals surface area contributed by atoms with E-state index in [-0.39, 0.29) is 16.9 Å². The number of phenols is 1. The largest absolute Gasteiger partial charge is 0.507 e. The zero-order chi connectivity index (χ0) is 26.1. The lowest BCUT2D eigenvalue weighted by Gasteiger charge is -2.23. The molecular weight excluding hydrogens is 458 g/mol. The number of carbonyl (C=O) groups is 1. The van der Waals surface area contributed by atoms with Gasteiger partial charge in [-0.05, 0) is 75.7 Å². The third-order valence-corrected chi connectivity index (χ3v) is 6.05. The van der Waals surface area contributed by atoms with Gasteiger partial charge in [-0.1, -0.05) is 33.6 Å². The Morgan fingerprint density at radius 3 is 2.25 bits per heavy atom. The molecule has 0 aliphatic carbocycles. The van der Waals surface area contributed by atoms with Gasteiger partial charge in [-0.3, -0.25) is 9.69 Å². The minimum Gasteiger partial charge on any atom is -0.507 e. The zero-order valence-corrected chi connectivity index (χ0v) is 21.8. The standard InChI is InChI=1S/C29H37NO6/c1-5-8-16-30(17-9-6-2)19-24-25(31)15-14-23-26(32)27(20(4)35-28(23)24)36-22-12-10-21(11-13-22)29(33)34-18-7-3/h10-15,31H,5-9,16-19H2,1-4H3.